The fourth-order valence-electron chi connectivity index (χ4n) is 2.14. The van der Waals surface area contributed by atoms with Crippen LogP contribution in [0.1, 0.15) is 25.3 Å². The molecule has 0 bridgehead atoms. The Morgan fingerprint density at radius 3 is 2.86 bits per heavy atom. The Bertz CT molecular complexity index is 351. The van der Waals surface area contributed by atoms with Crippen LogP contribution in [0.15, 0.2) is 23.1 Å². The normalized spacial score (nSPS) is 27.4. The molecule has 76 valence electrons. The predicted molar refractivity (Wildman–Crippen MR) is 58.1 cm³/mol. The molecule has 3 unspecified atom stereocenters. The Morgan fingerprint density at radius 2 is 2.21 bits per heavy atom. The van der Waals surface area contributed by atoms with Gasteiger partial charge >= 0.3 is 0 Å². The van der Waals surface area contributed by atoms with E-state index < -0.39 is 0 Å². The first kappa shape index (κ1) is 9.99. The Kier molecular flexibility index (Phi) is 2.54. The number of nitrogens with two attached hydrogens (primary N) is 1. The zero-order valence-electron chi connectivity index (χ0n) is 8.33. The molecule has 2 N–H and O–H groups in total. The maximum Gasteiger partial charge on any atom is 0.137 e. The Balaban J connectivity index is 2.47. The number of hydrogen-bond acceptors (Lipinski definition) is 2. The molecule has 0 fully saturated rings. The van der Waals surface area contributed by atoms with Gasteiger partial charge in [0, 0.05) is 22.1 Å². The van der Waals surface area contributed by atoms with Crippen molar-refractivity contribution in [2.24, 2.45) is 5.73 Å². The SMILES string of the molecule is CC(N)C1c2cccc(F)c2SC1C. The van der Waals surface area contributed by atoms with Gasteiger partial charge in [0.15, 0.2) is 0 Å². The van der Waals surface area contributed by atoms with Crippen LogP contribution in [-0.2, 0) is 0 Å². The summed E-state index contributed by atoms with van der Waals surface area (Å²) in [5.41, 5.74) is 7.00. The molecule has 1 aliphatic rings. The highest BCUT2D eigenvalue weighted by molar-refractivity contribution is 8.00. The van der Waals surface area contributed by atoms with Gasteiger partial charge in [0.25, 0.3) is 0 Å². The largest absolute Gasteiger partial charge is 0.327 e. The highest BCUT2D eigenvalue weighted by Crippen LogP contribution is 2.47. The molecular weight excluding hydrogens is 197 g/mol. The van der Waals surface area contributed by atoms with E-state index in [2.05, 4.69) is 6.92 Å². The minimum absolute atomic E-state index is 0.0838. The van der Waals surface area contributed by atoms with Crippen molar-refractivity contribution in [1.29, 1.82) is 0 Å². The summed E-state index contributed by atoms with van der Waals surface area (Å²) in [5.74, 6) is 0.174. The number of benzene rings is 1. The van der Waals surface area contributed by atoms with E-state index in [1.165, 1.54) is 6.07 Å². The first-order valence-corrected chi connectivity index (χ1v) is 5.70. The number of rotatable bonds is 1. The van der Waals surface area contributed by atoms with Crippen molar-refractivity contribution in [3.05, 3.63) is 29.6 Å². The van der Waals surface area contributed by atoms with Crippen molar-refractivity contribution in [3.63, 3.8) is 0 Å². The van der Waals surface area contributed by atoms with E-state index in [9.17, 15) is 4.39 Å². The summed E-state index contributed by atoms with van der Waals surface area (Å²) in [6.07, 6.45) is 0. The van der Waals surface area contributed by atoms with Gasteiger partial charge in [-0.25, -0.2) is 4.39 Å². The summed E-state index contributed by atoms with van der Waals surface area (Å²) in [4.78, 5) is 0.794. The van der Waals surface area contributed by atoms with E-state index >= 15 is 0 Å². The molecule has 0 saturated heterocycles. The maximum atomic E-state index is 13.4. The predicted octanol–water partition coefficient (Wildman–Crippen LogP) is 2.75. The van der Waals surface area contributed by atoms with Crippen molar-refractivity contribution < 1.29 is 4.39 Å². The van der Waals surface area contributed by atoms with E-state index in [4.69, 9.17) is 5.73 Å². The Morgan fingerprint density at radius 1 is 1.50 bits per heavy atom. The number of hydrogen-bond donors (Lipinski definition) is 1. The minimum atomic E-state index is -0.109. The molecule has 0 amide bonds. The molecule has 0 saturated carbocycles. The topological polar surface area (TPSA) is 26.0 Å². The van der Waals surface area contributed by atoms with Crippen LogP contribution in [0.3, 0.4) is 0 Å². The zero-order valence-corrected chi connectivity index (χ0v) is 9.14. The quantitative estimate of drug-likeness (QED) is 0.773. The van der Waals surface area contributed by atoms with Crippen LogP contribution in [-0.4, -0.2) is 11.3 Å². The van der Waals surface area contributed by atoms with Gasteiger partial charge in [0.05, 0.1) is 0 Å². The molecular formula is C11H14FNS. The fourth-order valence-corrected chi connectivity index (χ4v) is 3.57. The minimum Gasteiger partial charge on any atom is -0.327 e. The fraction of sp³-hybridized carbons (Fsp3) is 0.455. The van der Waals surface area contributed by atoms with Crippen molar-refractivity contribution in [2.75, 3.05) is 0 Å². The standard InChI is InChI=1S/C11H14FNS/c1-6(13)10-7(2)14-11-8(10)4-3-5-9(11)12/h3-7,10H,13H2,1-2H3. The van der Waals surface area contributed by atoms with Gasteiger partial charge < -0.3 is 5.73 Å². The molecule has 1 nitrogen and oxygen atoms in total. The lowest BCUT2D eigenvalue weighted by molar-refractivity contribution is 0.554. The molecule has 0 aliphatic carbocycles. The molecule has 1 aromatic rings. The smallest absolute Gasteiger partial charge is 0.137 e. The van der Waals surface area contributed by atoms with E-state index in [-0.39, 0.29) is 17.8 Å². The lowest BCUT2D eigenvalue weighted by Crippen LogP contribution is -2.28. The zero-order chi connectivity index (χ0) is 10.3. The molecule has 0 radical (unpaired) electrons. The maximum absolute atomic E-state index is 13.4. The second kappa shape index (κ2) is 3.55. The molecule has 2 rings (SSSR count). The van der Waals surface area contributed by atoms with Gasteiger partial charge in [-0.3, -0.25) is 0 Å². The van der Waals surface area contributed by atoms with Crippen LogP contribution in [0.5, 0.6) is 0 Å². The van der Waals surface area contributed by atoms with Crippen LogP contribution < -0.4 is 5.73 Å². The Labute approximate surface area is 87.9 Å². The lowest BCUT2D eigenvalue weighted by atomic mass is 9.90. The number of halogens is 1. The van der Waals surface area contributed by atoms with Crippen LogP contribution in [0, 0.1) is 5.82 Å². The second-order valence-electron chi connectivity index (χ2n) is 3.87. The van der Waals surface area contributed by atoms with Crippen molar-refractivity contribution in [1.82, 2.24) is 0 Å². The third-order valence-corrected chi connectivity index (χ3v) is 4.06. The van der Waals surface area contributed by atoms with Gasteiger partial charge in [-0.1, -0.05) is 19.1 Å². The summed E-state index contributed by atoms with van der Waals surface area (Å²) >= 11 is 1.60. The summed E-state index contributed by atoms with van der Waals surface area (Å²) in [6, 6.07) is 5.35. The number of thioether (sulfide) groups is 1. The summed E-state index contributed by atoms with van der Waals surface area (Å²) < 4.78 is 13.4. The summed E-state index contributed by atoms with van der Waals surface area (Å²) in [7, 11) is 0. The molecule has 3 heteroatoms. The van der Waals surface area contributed by atoms with Crippen LogP contribution in [0.2, 0.25) is 0 Å². The first-order valence-electron chi connectivity index (χ1n) is 4.82. The summed E-state index contributed by atoms with van der Waals surface area (Å²) in [6.45, 7) is 4.10. The van der Waals surface area contributed by atoms with E-state index in [0.717, 1.165) is 10.5 Å². The van der Waals surface area contributed by atoms with Gasteiger partial charge in [0.1, 0.15) is 5.82 Å². The van der Waals surface area contributed by atoms with Crippen LogP contribution >= 0.6 is 11.8 Å². The third kappa shape index (κ3) is 1.44. The van der Waals surface area contributed by atoms with E-state index in [1.54, 1.807) is 17.8 Å². The van der Waals surface area contributed by atoms with Crippen LogP contribution in [0.4, 0.5) is 4.39 Å². The van der Waals surface area contributed by atoms with E-state index in [0.29, 0.717) is 5.25 Å². The molecule has 3 atom stereocenters. The van der Waals surface area contributed by atoms with Gasteiger partial charge in [-0.05, 0) is 18.6 Å². The lowest BCUT2D eigenvalue weighted by Gasteiger charge is -2.19. The van der Waals surface area contributed by atoms with Gasteiger partial charge in [-0.2, -0.15) is 0 Å². The molecule has 1 aliphatic heterocycles. The average Bonchev–Trinajstić information content (AvgIpc) is 2.42. The van der Waals surface area contributed by atoms with Crippen molar-refractivity contribution in [2.45, 2.75) is 36.0 Å². The van der Waals surface area contributed by atoms with Crippen LogP contribution in [0.25, 0.3) is 0 Å². The molecule has 0 aromatic heterocycles. The molecule has 1 aromatic carbocycles. The molecule has 1 heterocycles. The van der Waals surface area contributed by atoms with Crippen molar-refractivity contribution in [3.8, 4) is 0 Å². The molecule has 14 heavy (non-hydrogen) atoms. The second-order valence-corrected chi connectivity index (χ2v) is 5.25. The average molecular weight is 211 g/mol. The van der Waals surface area contributed by atoms with Gasteiger partial charge in [-0.15, -0.1) is 11.8 Å². The molecule has 0 spiro atoms. The number of fused-ring (bicyclic) bond motifs is 1. The van der Waals surface area contributed by atoms with Crippen molar-refractivity contribution >= 4 is 11.8 Å². The van der Waals surface area contributed by atoms with Gasteiger partial charge in [0.2, 0.25) is 0 Å². The third-order valence-electron chi connectivity index (χ3n) is 2.73. The summed E-state index contributed by atoms with van der Waals surface area (Å²) in [5, 5.41) is 0.377. The highest BCUT2D eigenvalue weighted by Gasteiger charge is 2.34. The monoisotopic (exact) mass is 211 g/mol. The Hall–Kier alpha value is -0.540. The van der Waals surface area contributed by atoms with E-state index in [1.807, 2.05) is 13.0 Å². The first-order chi connectivity index (χ1) is 6.61. The highest BCUT2D eigenvalue weighted by atomic mass is 32.2.